The van der Waals surface area contributed by atoms with Crippen LogP contribution in [-0.2, 0) is 0 Å². The van der Waals surface area contributed by atoms with E-state index in [0.717, 1.165) is 49.9 Å². The Morgan fingerprint density at radius 2 is 1.06 bits per heavy atom. The first-order valence-corrected chi connectivity index (χ1v) is 18.2. The van der Waals surface area contributed by atoms with E-state index >= 15 is 0 Å². The van der Waals surface area contributed by atoms with Crippen molar-refractivity contribution in [2.45, 2.75) is 0 Å². The van der Waals surface area contributed by atoms with Gasteiger partial charge in [-0.3, -0.25) is 4.57 Å². The summed E-state index contributed by atoms with van der Waals surface area (Å²) in [6, 6.07) is 63.6. The Hall–Kier alpha value is -7.10. The van der Waals surface area contributed by atoms with Gasteiger partial charge in [-0.15, -0.1) is 0 Å². The van der Waals surface area contributed by atoms with Gasteiger partial charge in [-0.2, -0.15) is 0 Å². The Labute approximate surface area is 305 Å². The van der Waals surface area contributed by atoms with Crippen LogP contribution in [0, 0.1) is 0 Å². The minimum absolute atomic E-state index is 0.827. The average molecular weight is 672 g/mol. The van der Waals surface area contributed by atoms with Gasteiger partial charge >= 0.3 is 0 Å². The van der Waals surface area contributed by atoms with Crippen LogP contribution in [0.1, 0.15) is 0 Å². The minimum atomic E-state index is 0.827. The van der Waals surface area contributed by atoms with E-state index in [1.165, 1.54) is 65.7 Å². The summed E-state index contributed by atoms with van der Waals surface area (Å²) in [5, 5.41) is 9.62. The molecule has 9 aromatic carbocycles. The normalized spacial score (nSPS) is 12.2. The maximum atomic E-state index is 5.68. The van der Waals surface area contributed by atoms with Crippen molar-refractivity contribution in [2.24, 2.45) is 0 Å². The molecule has 0 bridgehead atoms. The fraction of sp³-hybridized carbons (Fsp3) is 0. The van der Waals surface area contributed by atoms with Gasteiger partial charge in [-0.05, 0) is 79.0 Å². The molecule has 2 aromatic heterocycles. The predicted molar refractivity (Wildman–Crippen MR) is 222 cm³/mol. The predicted octanol–water partition coefficient (Wildman–Crippen LogP) is 13.2. The van der Waals surface area contributed by atoms with Crippen LogP contribution in [0.25, 0.3) is 116 Å². The lowest BCUT2D eigenvalue weighted by Crippen LogP contribution is -2.04. The van der Waals surface area contributed by atoms with Gasteiger partial charge in [0, 0.05) is 27.3 Å². The molecule has 0 saturated heterocycles. The highest BCUT2D eigenvalue weighted by Gasteiger charge is 2.28. The lowest BCUT2D eigenvalue weighted by atomic mass is 9.88. The van der Waals surface area contributed by atoms with Gasteiger partial charge in [0.15, 0.2) is 5.82 Å². The summed E-state index contributed by atoms with van der Waals surface area (Å²) < 4.78 is 2.39. The molecule has 11 aromatic rings. The Kier molecular flexibility index (Phi) is 5.77. The molecule has 0 atom stereocenters. The van der Waals surface area contributed by atoms with Crippen LogP contribution < -0.4 is 0 Å². The zero-order valence-electron chi connectivity index (χ0n) is 28.6. The van der Waals surface area contributed by atoms with Crippen molar-refractivity contribution >= 4 is 65.2 Å². The first-order valence-electron chi connectivity index (χ1n) is 18.2. The smallest absolute Gasteiger partial charge is 0.165 e. The number of hydrogen-bond donors (Lipinski definition) is 0. The van der Waals surface area contributed by atoms with Crippen molar-refractivity contribution in [3.8, 4) is 50.5 Å². The van der Waals surface area contributed by atoms with Crippen molar-refractivity contribution in [2.75, 3.05) is 0 Å². The van der Waals surface area contributed by atoms with Gasteiger partial charge in [0.1, 0.15) is 5.69 Å². The maximum Gasteiger partial charge on any atom is 0.165 e. The lowest BCUT2D eigenvalue weighted by molar-refractivity contribution is 1.08. The van der Waals surface area contributed by atoms with Gasteiger partial charge in [-0.25, -0.2) is 9.97 Å². The summed E-state index contributed by atoms with van der Waals surface area (Å²) in [5.74, 6) is 0.827. The van der Waals surface area contributed by atoms with E-state index < -0.39 is 0 Å². The van der Waals surface area contributed by atoms with Gasteiger partial charge in [-0.1, -0.05) is 152 Å². The second-order valence-electron chi connectivity index (χ2n) is 14.1. The first kappa shape index (κ1) is 28.6. The SMILES string of the molecule is c1ccc(-c2ccc3c4c2-c2ccccc2-c2cccc5ccc(c4c25)n3-c2nc3c(ccc4ccccc43)nc2-c2ccc3ccccc3c2)cc1. The highest BCUT2D eigenvalue weighted by molar-refractivity contribution is 6.32. The van der Waals surface area contributed by atoms with Crippen LogP contribution >= 0.6 is 0 Å². The van der Waals surface area contributed by atoms with E-state index in [1.54, 1.807) is 0 Å². The molecule has 3 heteroatoms. The van der Waals surface area contributed by atoms with E-state index in [0.29, 0.717) is 0 Å². The van der Waals surface area contributed by atoms with Crippen molar-refractivity contribution in [1.29, 1.82) is 0 Å². The van der Waals surface area contributed by atoms with Crippen LogP contribution in [0.2, 0.25) is 0 Å². The number of hydrogen-bond acceptors (Lipinski definition) is 2. The minimum Gasteiger partial charge on any atom is -0.292 e. The molecule has 3 nitrogen and oxygen atoms in total. The first-order chi connectivity index (χ1) is 26.3. The zero-order valence-corrected chi connectivity index (χ0v) is 28.6. The molecule has 1 aliphatic rings. The summed E-state index contributed by atoms with van der Waals surface area (Å²) in [6.45, 7) is 0. The number of rotatable bonds is 3. The van der Waals surface area contributed by atoms with Crippen LogP contribution in [0.3, 0.4) is 0 Å². The number of fused-ring (bicyclic) bond motifs is 7. The standard InChI is InChI=1S/C50H29N3/c1-2-12-31(13-3-1)36-25-28-43-47-45(36)40-19-9-8-18-38(40)39-20-10-16-33-24-27-42(46(47)44(33)39)53(43)50-48(35-22-21-30-11-4-5-15-34(30)29-35)51-41-26-23-32-14-6-7-17-37(32)49(41)52-50/h1-29H. The van der Waals surface area contributed by atoms with Gasteiger partial charge < -0.3 is 0 Å². The average Bonchev–Trinajstić information content (AvgIpc) is 3.50. The van der Waals surface area contributed by atoms with Crippen molar-refractivity contribution in [1.82, 2.24) is 14.5 Å². The fourth-order valence-corrected chi connectivity index (χ4v) is 8.96. The molecular weight excluding hydrogens is 643 g/mol. The molecule has 2 heterocycles. The van der Waals surface area contributed by atoms with Gasteiger partial charge in [0.05, 0.1) is 22.1 Å². The second-order valence-corrected chi connectivity index (χ2v) is 14.1. The van der Waals surface area contributed by atoms with E-state index in [2.05, 4.69) is 180 Å². The molecule has 1 aliphatic carbocycles. The van der Waals surface area contributed by atoms with E-state index in [4.69, 9.17) is 9.97 Å². The van der Waals surface area contributed by atoms with Gasteiger partial charge in [0.25, 0.3) is 0 Å². The molecule has 0 spiro atoms. The number of aromatic nitrogens is 3. The van der Waals surface area contributed by atoms with E-state index in [1.807, 2.05) is 0 Å². The summed E-state index contributed by atoms with van der Waals surface area (Å²) in [4.78, 5) is 11.2. The van der Waals surface area contributed by atoms with Crippen LogP contribution in [0.15, 0.2) is 176 Å². The molecule has 12 rings (SSSR count). The monoisotopic (exact) mass is 671 g/mol. The molecule has 0 fully saturated rings. The Balaban J connectivity index is 1.30. The summed E-state index contributed by atoms with van der Waals surface area (Å²) in [7, 11) is 0. The zero-order chi connectivity index (χ0) is 34.6. The molecule has 244 valence electrons. The van der Waals surface area contributed by atoms with Gasteiger partial charge in [0.2, 0.25) is 0 Å². The third kappa shape index (κ3) is 3.99. The molecule has 53 heavy (non-hydrogen) atoms. The second kappa shape index (κ2) is 10.7. The Bertz CT molecular complexity index is 3340. The molecular formula is C50H29N3. The summed E-state index contributed by atoms with van der Waals surface area (Å²) >= 11 is 0. The van der Waals surface area contributed by atoms with E-state index in [9.17, 15) is 0 Å². The molecule has 0 radical (unpaired) electrons. The van der Waals surface area contributed by atoms with Crippen LogP contribution in [-0.4, -0.2) is 14.5 Å². The third-order valence-electron chi connectivity index (χ3n) is 11.3. The van der Waals surface area contributed by atoms with Crippen LogP contribution in [0.5, 0.6) is 0 Å². The topological polar surface area (TPSA) is 30.7 Å². The van der Waals surface area contributed by atoms with Crippen molar-refractivity contribution in [3.63, 3.8) is 0 Å². The largest absolute Gasteiger partial charge is 0.292 e. The summed E-state index contributed by atoms with van der Waals surface area (Å²) in [6.07, 6.45) is 0. The maximum absolute atomic E-state index is 5.68. The third-order valence-corrected chi connectivity index (χ3v) is 11.3. The van der Waals surface area contributed by atoms with E-state index in [-0.39, 0.29) is 0 Å². The Morgan fingerprint density at radius 1 is 0.377 bits per heavy atom. The quantitative estimate of drug-likeness (QED) is 0.175. The molecule has 0 amide bonds. The van der Waals surface area contributed by atoms with Crippen LogP contribution in [0.4, 0.5) is 0 Å². The number of nitrogens with zero attached hydrogens (tertiary/aromatic N) is 3. The molecule has 0 saturated carbocycles. The van der Waals surface area contributed by atoms with Crippen molar-refractivity contribution in [3.05, 3.63) is 176 Å². The molecule has 0 N–H and O–H groups in total. The highest BCUT2D eigenvalue weighted by Crippen LogP contribution is 2.52. The summed E-state index contributed by atoms with van der Waals surface area (Å²) in [5.41, 5.74) is 13.3. The number of benzene rings is 9. The molecule has 0 unspecified atom stereocenters. The van der Waals surface area contributed by atoms with Crippen molar-refractivity contribution < 1.29 is 0 Å². The fourth-order valence-electron chi connectivity index (χ4n) is 8.96. The lowest BCUT2D eigenvalue weighted by Gasteiger charge is -2.18. The molecule has 0 aliphatic heterocycles. The highest BCUT2D eigenvalue weighted by atomic mass is 15.1. The Morgan fingerprint density at radius 3 is 1.96 bits per heavy atom.